The third-order valence-electron chi connectivity index (χ3n) is 5.25. The summed E-state index contributed by atoms with van der Waals surface area (Å²) in [6.07, 6.45) is -2.79. The predicted octanol–water partition coefficient (Wildman–Crippen LogP) is -1.61. The maximum absolute atomic E-state index is 12.4. The quantitative estimate of drug-likeness (QED) is 0.494. The van der Waals surface area contributed by atoms with Gasteiger partial charge in [0.2, 0.25) is 0 Å². The number of nitrogens with one attached hydrogen (secondary N) is 1. The standard InChI is InChI=1S/C17H28N4O7/c1-8-13(22)12(11(27-8)7-25-3)21-6-10(19-20-21)5-18-17(24)16-15(26-4)14(23)9(2)28-16/h6,8-9,11-16,22-23H,5,7H2,1-4H3,(H,18,24)/t8-,9-,11+,12?,13+,14?,15+,16-/m0/s1. The van der Waals surface area contributed by atoms with Gasteiger partial charge >= 0.3 is 0 Å². The molecule has 2 fully saturated rings. The third-order valence-corrected chi connectivity index (χ3v) is 5.25. The summed E-state index contributed by atoms with van der Waals surface area (Å²) >= 11 is 0. The fourth-order valence-electron chi connectivity index (χ4n) is 3.69. The molecule has 3 N–H and O–H groups in total. The number of carbonyl (C=O) groups is 1. The first-order chi connectivity index (χ1) is 13.4. The number of aromatic nitrogens is 3. The van der Waals surface area contributed by atoms with Crippen LogP contribution in [0.2, 0.25) is 0 Å². The van der Waals surface area contributed by atoms with Crippen molar-refractivity contribution in [3.63, 3.8) is 0 Å². The highest BCUT2D eigenvalue weighted by Crippen LogP contribution is 2.31. The molecule has 2 unspecified atom stereocenters. The molecule has 28 heavy (non-hydrogen) atoms. The Bertz CT molecular complexity index is 672. The van der Waals surface area contributed by atoms with Crippen LogP contribution in [0.1, 0.15) is 25.6 Å². The molecule has 0 bridgehead atoms. The lowest BCUT2D eigenvalue weighted by atomic mass is 10.1. The number of rotatable bonds is 7. The van der Waals surface area contributed by atoms with Crippen LogP contribution < -0.4 is 5.32 Å². The van der Waals surface area contributed by atoms with Gasteiger partial charge in [-0.3, -0.25) is 4.79 Å². The molecule has 2 saturated heterocycles. The summed E-state index contributed by atoms with van der Waals surface area (Å²) in [5.41, 5.74) is 0.511. The lowest BCUT2D eigenvalue weighted by Crippen LogP contribution is -2.43. The molecule has 0 saturated carbocycles. The molecule has 1 amide bonds. The van der Waals surface area contributed by atoms with E-state index in [-0.39, 0.29) is 18.8 Å². The first-order valence-corrected chi connectivity index (χ1v) is 9.24. The van der Waals surface area contributed by atoms with Crippen molar-refractivity contribution in [3.8, 4) is 0 Å². The summed E-state index contributed by atoms with van der Waals surface area (Å²) in [5, 5.41) is 31.2. The molecule has 11 nitrogen and oxygen atoms in total. The number of hydrogen-bond acceptors (Lipinski definition) is 9. The largest absolute Gasteiger partial charge is 0.388 e. The second-order valence-electron chi connectivity index (χ2n) is 7.18. The van der Waals surface area contributed by atoms with E-state index in [0.29, 0.717) is 12.3 Å². The van der Waals surface area contributed by atoms with Gasteiger partial charge in [-0.1, -0.05) is 5.21 Å². The average molecular weight is 400 g/mol. The van der Waals surface area contributed by atoms with Gasteiger partial charge in [-0.05, 0) is 13.8 Å². The van der Waals surface area contributed by atoms with E-state index in [1.165, 1.54) is 11.8 Å². The summed E-state index contributed by atoms with van der Waals surface area (Å²) < 4.78 is 23.1. The summed E-state index contributed by atoms with van der Waals surface area (Å²) in [6, 6.07) is -0.432. The maximum Gasteiger partial charge on any atom is 0.252 e. The Morgan fingerprint density at radius 2 is 1.96 bits per heavy atom. The molecule has 2 aliphatic rings. The van der Waals surface area contributed by atoms with Crippen molar-refractivity contribution in [2.24, 2.45) is 0 Å². The first kappa shape index (κ1) is 21.1. The van der Waals surface area contributed by atoms with Crippen LogP contribution in [0.25, 0.3) is 0 Å². The number of hydrogen-bond donors (Lipinski definition) is 3. The fourth-order valence-corrected chi connectivity index (χ4v) is 3.69. The minimum absolute atomic E-state index is 0.119. The van der Waals surface area contributed by atoms with Crippen LogP contribution in [0.15, 0.2) is 6.20 Å². The van der Waals surface area contributed by atoms with E-state index in [1.54, 1.807) is 27.2 Å². The minimum Gasteiger partial charge on any atom is -0.388 e. The van der Waals surface area contributed by atoms with E-state index in [1.807, 2.05) is 0 Å². The van der Waals surface area contributed by atoms with Gasteiger partial charge in [-0.25, -0.2) is 4.68 Å². The SMILES string of the molecule is COC[C@H]1O[C@@H](C)[C@@H](O)C1n1cc(CNC(=O)[C@H]2O[C@@H](C)C(O)[C@H]2OC)nn1. The Labute approximate surface area is 162 Å². The maximum atomic E-state index is 12.4. The summed E-state index contributed by atoms with van der Waals surface area (Å²) in [5.74, 6) is -0.403. The second kappa shape index (κ2) is 8.80. The van der Waals surface area contributed by atoms with E-state index in [9.17, 15) is 15.0 Å². The van der Waals surface area contributed by atoms with Gasteiger partial charge in [0.25, 0.3) is 5.91 Å². The highest BCUT2D eigenvalue weighted by molar-refractivity contribution is 5.81. The van der Waals surface area contributed by atoms with E-state index in [2.05, 4.69) is 15.6 Å². The summed E-state index contributed by atoms with van der Waals surface area (Å²) in [7, 11) is 2.99. The van der Waals surface area contributed by atoms with Crippen molar-refractivity contribution >= 4 is 5.91 Å². The van der Waals surface area contributed by atoms with Gasteiger partial charge in [0, 0.05) is 14.2 Å². The van der Waals surface area contributed by atoms with Crippen molar-refractivity contribution in [2.75, 3.05) is 20.8 Å². The smallest absolute Gasteiger partial charge is 0.252 e. The van der Waals surface area contributed by atoms with E-state index in [0.717, 1.165) is 0 Å². The number of amides is 1. The first-order valence-electron chi connectivity index (χ1n) is 9.24. The van der Waals surface area contributed by atoms with Gasteiger partial charge in [0.15, 0.2) is 6.10 Å². The summed E-state index contributed by atoms with van der Waals surface area (Å²) in [6.45, 7) is 3.90. The van der Waals surface area contributed by atoms with Crippen LogP contribution in [0.4, 0.5) is 0 Å². The van der Waals surface area contributed by atoms with Gasteiger partial charge in [0.05, 0.1) is 31.6 Å². The normalized spacial score (nSPS) is 38.1. The van der Waals surface area contributed by atoms with Crippen LogP contribution in [0.5, 0.6) is 0 Å². The van der Waals surface area contributed by atoms with Crippen molar-refractivity contribution < 1.29 is 34.0 Å². The van der Waals surface area contributed by atoms with Gasteiger partial charge in [-0.2, -0.15) is 0 Å². The van der Waals surface area contributed by atoms with Crippen molar-refractivity contribution in [1.29, 1.82) is 0 Å². The zero-order chi connectivity index (χ0) is 20.4. The number of ether oxygens (including phenoxy) is 4. The Balaban J connectivity index is 1.61. The van der Waals surface area contributed by atoms with E-state index in [4.69, 9.17) is 18.9 Å². The van der Waals surface area contributed by atoms with Crippen LogP contribution >= 0.6 is 0 Å². The minimum atomic E-state index is -0.901. The molecule has 0 aromatic carbocycles. The molecule has 1 aromatic rings. The zero-order valence-electron chi connectivity index (χ0n) is 16.4. The van der Waals surface area contributed by atoms with Crippen molar-refractivity contribution in [3.05, 3.63) is 11.9 Å². The highest BCUT2D eigenvalue weighted by Gasteiger charge is 2.46. The Kier molecular flexibility index (Phi) is 6.63. The average Bonchev–Trinajstić information content (AvgIpc) is 3.32. The Hall–Kier alpha value is -1.63. The molecule has 2 aliphatic heterocycles. The molecular weight excluding hydrogens is 372 g/mol. The second-order valence-corrected chi connectivity index (χ2v) is 7.18. The number of aliphatic hydroxyl groups is 2. The third kappa shape index (κ3) is 4.04. The van der Waals surface area contributed by atoms with Crippen LogP contribution in [0, 0.1) is 0 Å². The van der Waals surface area contributed by atoms with Gasteiger partial charge in [-0.15, -0.1) is 5.10 Å². The molecule has 3 heterocycles. The predicted molar refractivity (Wildman–Crippen MR) is 94.3 cm³/mol. The molecule has 8 atom stereocenters. The number of nitrogens with zero attached hydrogens (tertiary/aromatic N) is 3. The number of aliphatic hydroxyl groups excluding tert-OH is 2. The van der Waals surface area contributed by atoms with Gasteiger partial charge < -0.3 is 34.5 Å². The lowest BCUT2D eigenvalue weighted by molar-refractivity contribution is -0.136. The molecule has 0 radical (unpaired) electrons. The topological polar surface area (TPSA) is 137 Å². The molecule has 1 aromatic heterocycles. The highest BCUT2D eigenvalue weighted by atomic mass is 16.6. The molecule has 11 heteroatoms. The Morgan fingerprint density at radius 3 is 2.64 bits per heavy atom. The van der Waals surface area contributed by atoms with Crippen molar-refractivity contribution in [1.82, 2.24) is 20.3 Å². The van der Waals surface area contributed by atoms with Crippen LogP contribution in [0.3, 0.4) is 0 Å². The van der Waals surface area contributed by atoms with Crippen LogP contribution in [-0.4, -0.2) is 94.7 Å². The zero-order valence-corrected chi connectivity index (χ0v) is 16.4. The monoisotopic (exact) mass is 400 g/mol. The number of methoxy groups -OCH3 is 2. The molecule has 0 spiro atoms. The van der Waals surface area contributed by atoms with E-state index < -0.39 is 42.5 Å². The molecule has 3 rings (SSSR count). The number of carbonyl (C=O) groups excluding carboxylic acids is 1. The lowest BCUT2D eigenvalue weighted by Gasteiger charge is -2.19. The van der Waals surface area contributed by atoms with Crippen LogP contribution in [-0.2, 0) is 30.3 Å². The molecule has 158 valence electrons. The van der Waals surface area contributed by atoms with Crippen molar-refractivity contribution in [2.45, 2.75) is 69.2 Å². The Morgan fingerprint density at radius 1 is 1.25 bits per heavy atom. The fraction of sp³-hybridized carbons (Fsp3) is 0.824. The van der Waals surface area contributed by atoms with E-state index >= 15 is 0 Å². The van der Waals surface area contributed by atoms with Gasteiger partial charge in [0.1, 0.15) is 36.2 Å². The molecule has 0 aliphatic carbocycles. The molecular formula is C17H28N4O7. The summed E-state index contributed by atoms with van der Waals surface area (Å²) in [4.78, 5) is 12.4.